The van der Waals surface area contributed by atoms with Crippen LogP contribution in [0, 0.1) is 13.8 Å². The normalized spacial score (nSPS) is 11.9. The monoisotopic (exact) mass is 1780 g/mol. The van der Waals surface area contributed by atoms with Gasteiger partial charge in [0.1, 0.15) is 0 Å². The lowest BCUT2D eigenvalue weighted by atomic mass is 10.0. The van der Waals surface area contributed by atoms with Gasteiger partial charge < -0.3 is 27.4 Å². The highest BCUT2D eigenvalue weighted by Crippen LogP contribution is 2.47. The Morgan fingerprint density at radius 3 is 0.693 bits per heavy atom. The molecular weight excluding hydrogens is 1700 g/mol. The molecule has 0 bridgehead atoms. The summed E-state index contributed by atoms with van der Waals surface area (Å²) in [5.41, 5.74) is 39.0. The summed E-state index contributed by atoms with van der Waals surface area (Å²) < 4.78 is 14.7. The van der Waals surface area contributed by atoms with Gasteiger partial charge in [-0.05, 0) is 223 Å². The highest BCUT2D eigenvalue weighted by Gasteiger charge is 2.26. The molecular formula is C130H84N10. The highest BCUT2D eigenvalue weighted by molar-refractivity contribution is 6.18. The summed E-state index contributed by atoms with van der Waals surface area (Å²) >= 11 is 0. The second-order valence-electron chi connectivity index (χ2n) is 37.0. The van der Waals surface area contributed by atoms with Gasteiger partial charge in [-0.25, -0.2) is 19.9 Å². The van der Waals surface area contributed by atoms with Crippen LogP contribution in [-0.4, -0.2) is 47.3 Å². The number of nitrogens with zero attached hydrogens (tertiary/aromatic N) is 10. The fourth-order valence-electron chi connectivity index (χ4n) is 22.1. The van der Waals surface area contributed by atoms with Gasteiger partial charge in [0.05, 0.1) is 89.0 Å². The molecule has 654 valence electrons. The molecule has 0 radical (unpaired) electrons. The number of rotatable bonds is 15. The molecule has 0 saturated heterocycles. The van der Waals surface area contributed by atoms with Crippen LogP contribution in [0.15, 0.2) is 473 Å². The van der Waals surface area contributed by atoms with Crippen molar-refractivity contribution in [1.82, 2.24) is 47.3 Å². The van der Waals surface area contributed by atoms with Crippen LogP contribution in [0.25, 0.3) is 266 Å². The number of para-hydroxylation sites is 6. The van der Waals surface area contributed by atoms with Gasteiger partial charge in [-0.3, -0.25) is 0 Å². The maximum atomic E-state index is 5.21. The summed E-state index contributed by atoms with van der Waals surface area (Å²) in [6, 6.07) is 173. The Morgan fingerprint density at radius 2 is 0.364 bits per heavy atom. The van der Waals surface area contributed by atoms with E-state index in [1.54, 1.807) is 0 Å². The van der Waals surface area contributed by atoms with Gasteiger partial charge in [-0.1, -0.05) is 309 Å². The summed E-state index contributed by atoms with van der Waals surface area (Å²) in [4.78, 5) is 20.6. The molecule has 0 atom stereocenters. The minimum atomic E-state index is 0.701. The Labute approximate surface area is 806 Å². The summed E-state index contributed by atoms with van der Waals surface area (Å²) in [5, 5.41) is 14.3. The number of hydrogen-bond acceptors (Lipinski definition) is 4. The van der Waals surface area contributed by atoms with Crippen molar-refractivity contribution < 1.29 is 0 Å². The van der Waals surface area contributed by atoms with Crippen molar-refractivity contribution in [2.75, 3.05) is 0 Å². The first-order valence-electron chi connectivity index (χ1n) is 47.9. The van der Waals surface area contributed by atoms with Crippen molar-refractivity contribution in [1.29, 1.82) is 0 Å². The minimum Gasteiger partial charge on any atom is -0.309 e. The maximum absolute atomic E-state index is 5.21. The van der Waals surface area contributed by atoms with E-state index in [9.17, 15) is 0 Å². The fourth-order valence-corrected chi connectivity index (χ4v) is 22.1. The smallest absolute Gasteiger partial charge is 0.160 e. The van der Waals surface area contributed by atoms with Crippen molar-refractivity contribution in [3.05, 3.63) is 484 Å². The van der Waals surface area contributed by atoms with Crippen LogP contribution in [-0.2, 0) is 0 Å². The number of aromatic nitrogens is 10. The van der Waals surface area contributed by atoms with Crippen LogP contribution >= 0.6 is 0 Å². The van der Waals surface area contributed by atoms with E-state index in [4.69, 9.17) is 19.9 Å². The quantitative estimate of drug-likeness (QED) is 0.102. The second kappa shape index (κ2) is 32.0. The molecule has 0 aliphatic carbocycles. The molecule has 0 saturated carbocycles. The first kappa shape index (κ1) is 79.9. The van der Waals surface area contributed by atoms with Gasteiger partial charge in [0, 0.05) is 132 Å². The van der Waals surface area contributed by atoms with Gasteiger partial charge in [-0.2, -0.15) is 0 Å². The molecule has 0 N–H and O–H groups in total. The number of hydrogen-bond donors (Lipinski definition) is 0. The van der Waals surface area contributed by atoms with E-state index < -0.39 is 0 Å². The Bertz CT molecular complexity index is 9700. The van der Waals surface area contributed by atoms with E-state index in [2.05, 4.69) is 502 Å². The van der Waals surface area contributed by atoms with E-state index in [1.165, 1.54) is 70.7 Å². The SMILES string of the molecule is Cc1ccc(-c2nc(-c3ccccc3)cc(-c3ccc(-c4ccc(-n5c6ccc(-n7c8ccccc8c8ccccc87)cc6c6cc(-n7c8ccccc8c8cc(-c9ccc%10c(c9)c9ccccc9n%10-c9ccc%10c(c9)c9cc(-n%11c%12ccccc%12c%12ccccc%12%11)ccc9n%10-c9ccc(-c%10ccc(-c%11cc(-c%12ccccc%12)nc(-c%12ccccc%12C)n%11)cc%10)cc9)ccc87)ccc65)cc4)cc3)n2)cc1. The average molecular weight is 1790 g/mol. The molecule has 0 unspecified atom stereocenters. The van der Waals surface area contributed by atoms with E-state index in [0.717, 1.165) is 195 Å². The number of fused-ring (bicyclic) bond motifs is 18. The third-order valence-electron chi connectivity index (χ3n) is 28.9. The van der Waals surface area contributed by atoms with Gasteiger partial charge >= 0.3 is 0 Å². The van der Waals surface area contributed by atoms with Crippen LogP contribution in [0.4, 0.5) is 0 Å². The van der Waals surface area contributed by atoms with E-state index in [0.29, 0.717) is 11.6 Å². The lowest BCUT2D eigenvalue weighted by Crippen LogP contribution is -1.97. The molecule has 28 rings (SSSR count). The fraction of sp³-hybridized carbons (Fsp3) is 0.0154. The predicted octanol–water partition coefficient (Wildman–Crippen LogP) is 33.5. The van der Waals surface area contributed by atoms with Crippen molar-refractivity contribution in [3.63, 3.8) is 0 Å². The van der Waals surface area contributed by atoms with E-state index >= 15 is 0 Å². The van der Waals surface area contributed by atoms with E-state index in [-0.39, 0.29) is 0 Å². The zero-order valence-corrected chi connectivity index (χ0v) is 76.5. The Balaban J connectivity index is 0.534. The molecule has 0 spiro atoms. The average Bonchev–Trinajstić information content (AvgIpc) is 1.58. The van der Waals surface area contributed by atoms with Gasteiger partial charge in [0.15, 0.2) is 11.6 Å². The first-order valence-corrected chi connectivity index (χ1v) is 47.9. The molecule has 10 nitrogen and oxygen atoms in total. The molecule has 0 aliphatic rings. The summed E-state index contributed by atoms with van der Waals surface area (Å²) in [6.07, 6.45) is 0. The Morgan fingerprint density at radius 1 is 0.143 bits per heavy atom. The number of aryl methyl sites for hydroxylation is 2. The predicted molar refractivity (Wildman–Crippen MR) is 582 cm³/mol. The van der Waals surface area contributed by atoms with Crippen LogP contribution in [0.2, 0.25) is 0 Å². The van der Waals surface area contributed by atoms with E-state index in [1.807, 2.05) is 12.1 Å². The first-order chi connectivity index (χ1) is 69.2. The summed E-state index contributed by atoms with van der Waals surface area (Å²) in [7, 11) is 0. The summed E-state index contributed by atoms with van der Waals surface area (Å²) in [5.74, 6) is 1.41. The third-order valence-corrected chi connectivity index (χ3v) is 28.9. The highest BCUT2D eigenvalue weighted by atomic mass is 15.0. The lowest BCUT2D eigenvalue weighted by Gasteiger charge is -2.12. The third kappa shape index (κ3) is 13.0. The molecule has 0 aliphatic heterocycles. The van der Waals surface area contributed by atoms with Crippen molar-refractivity contribution >= 4 is 131 Å². The Kier molecular flexibility index (Phi) is 18.3. The van der Waals surface area contributed by atoms with Crippen LogP contribution in [0.5, 0.6) is 0 Å². The van der Waals surface area contributed by atoms with Gasteiger partial charge in [-0.15, -0.1) is 0 Å². The largest absolute Gasteiger partial charge is 0.309 e. The summed E-state index contributed by atoms with van der Waals surface area (Å²) in [6.45, 7) is 4.23. The minimum absolute atomic E-state index is 0.701. The molecule has 140 heavy (non-hydrogen) atoms. The molecule has 10 heteroatoms. The van der Waals surface area contributed by atoms with Crippen LogP contribution in [0.1, 0.15) is 11.1 Å². The molecule has 8 heterocycles. The molecule has 20 aromatic carbocycles. The second-order valence-corrected chi connectivity index (χ2v) is 37.0. The van der Waals surface area contributed by atoms with Crippen molar-refractivity contribution in [2.45, 2.75) is 13.8 Å². The zero-order chi connectivity index (χ0) is 92.3. The topological polar surface area (TPSA) is 81.1 Å². The maximum Gasteiger partial charge on any atom is 0.160 e. The van der Waals surface area contributed by atoms with Gasteiger partial charge in [0.25, 0.3) is 0 Å². The lowest BCUT2D eigenvalue weighted by molar-refractivity contribution is 1.16. The standard InChI is InChI=1S/C130H84N10/c1-81-41-43-91(44-42-81)129-131-113(87-24-5-3-6-25-87)79-115(132-129)89-49-45-83(46-50-89)85-53-59-94(60-54-85)135-125-69-63-96(137-117-35-17-11-29-101(117)102-30-12-18-36-118(102)137)75-109(125)111-77-98(65-71-127(111)135)139-121-39-21-15-33-105(121)107-73-92(57-67-123(107)139)93-58-68-124-108(74-93)106-34-16-22-40-122(106)140(124)99-66-72-128-112(78-99)110-76-97(138-119-37-19-13-31-103(119)104-32-14-20-38-120(104)138)64-70-126(110)136(128)95-61-55-86(56-62-95)84-47-51-90(52-48-84)116-80-114(88-26-7-4-8-27-88)133-130(134-116)100-28-10-9-23-82(100)2/h3-80H,1-2H3. The van der Waals surface area contributed by atoms with Crippen molar-refractivity contribution in [3.8, 4) is 135 Å². The Hall–Kier alpha value is -18.6. The number of benzene rings is 20. The van der Waals surface area contributed by atoms with Crippen LogP contribution < -0.4 is 0 Å². The molecule has 0 amide bonds. The van der Waals surface area contributed by atoms with Crippen molar-refractivity contribution in [2.24, 2.45) is 0 Å². The molecule has 0 fully saturated rings. The molecule has 28 aromatic rings. The van der Waals surface area contributed by atoms with Crippen LogP contribution in [0.3, 0.4) is 0 Å². The van der Waals surface area contributed by atoms with Gasteiger partial charge in [0.2, 0.25) is 0 Å². The molecule has 8 aromatic heterocycles. The zero-order valence-electron chi connectivity index (χ0n) is 76.5.